The molecule has 4 atom stereocenters. The normalized spacial score (nSPS) is 46.4. The van der Waals surface area contributed by atoms with Crippen LogP contribution in [-0.2, 0) is 0 Å². The molecule has 2 heterocycles. The number of piperidine rings is 1. The second-order valence-corrected chi connectivity index (χ2v) is 4.13. The summed E-state index contributed by atoms with van der Waals surface area (Å²) in [5.74, 6) is 0.140. The van der Waals surface area contributed by atoms with Gasteiger partial charge in [0.1, 0.15) is 0 Å². The quantitative estimate of drug-likeness (QED) is 0.482. The van der Waals surface area contributed by atoms with Gasteiger partial charge in [0.25, 0.3) is 0 Å². The predicted octanol–water partition coefficient (Wildman–Crippen LogP) is -1.21. The molecule has 0 bridgehead atoms. The van der Waals surface area contributed by atoms with Gasteiger partial charge in [-0.15, -0.1) is 0 Å². The SMILES string of the molecule is OC[C@H]1CCCN2C[C@@H](O)[C@@H](O)[C@@H]12. The van der Waals surface area contributed by atoms with Gasteiger partial charge in [-0.1, -0.05) is 0 Å². The Hall–Kier alpha value is -0.160. The molecule has 2 aliphatic heterocycles. The summed E-state index contributed by atoms with van der Waals surface area (Å²) in [5.41, 5.74) is 0. The Kier molecular flexibility index (Phi) is 2.55. The van der Waals surface area contributed by atoms with Gasteiger partial charge in [-0.2, -0.15) is 0 Å². The molecule has 0 aromatic rings. The van der Waals surface area contributed by atoms with E-state index >= 15 is 0 Å². The zero-order chi connectivity index (χ0) is 9.42. The lowest BCUT2D eigenvalue weighted by atomic mass is 9.88. The molecule has 0 aromatic carbocycles. The maximum atomic E-state index is 9.69. The molecule has 0 saturated carbocycles. The Morgan fingerprint density at radius 3 is 2.77 bits per heavy atom. The van der Waals surface area contributed by atoms with E-state index in [0.29, 0.717) is 6.54 Å². The Bertz CT molecular complexity index is 182. The van der Waals surface area contributed by atoms with Crippen LogP contribution >= 0.6 is 0 Å². The molecule has 13 heavy (non-hydrogen) atoms. The van der Waals surface area contributed by atoms with Crippen LogP contribution in [0.1, 0.15) is 12.8 Å². The molecule has 4 heteroatoms. The summed E-state index contributed by atoms with van der Waals surface area (Å²) in [6.07, 6.45) is 0.720. The van der Waals surface area contributed by atoms with Gasteiger partial charge in [0.15, 0.2) is 0 Å². The van der Waals surface area contributed by atoms with E-state index in [0.717, 1.165) is 19.4 Å². The topological polar surface area (TPSA) is 63.9 Å². The van der Waals surface area contributed by atoms with Crippen LogP contribution < -0.4 is 0 Å². The summed E-state index contributed by atoms with van der Waals surface area (Å²) in [5, 5.41) is 28.3. The van der Waals surface area contributed by atoms with Crippen molar-refractivity contribution in [3.05, 3.63) is 0 Å². The number of rotatable bonds is 1. The van der Waals surface area contributed by atoms with Gasteiger partial charge in [-0.05, 0) is 19.4 Å². The van der Waals surface area contributed by atoms with E-state index in [4.69, 9.17) is 5.11 Å². The Morgan fingerprint density at radius 2 is 2.08 bits per heavy atom. The molecule has 2 fully saturated rings. The molecular weight excluding hydrogens is 170 g/mol. The second-order valence-electron chi connectivity index (χ2n) is 4.13. The van der Waals surface area contributed by atoms with E-state index < -0.39 is 12.2 Å². The van der Waals surface area contributed by atoms with Crippen molar-refractivity contribution < 1.29 is 15.3 Å². The zero-order valence-corrected chi connectivity index (χ0v) is 7.63. The minimum absolute atomic E-state index is 0.0197. The highest BCUT2D eigenvalue weighted by atomic mass is 16.3. The van der Waals surface area contributed by atoms with E-state index in [1.54, 1.807) is 0 Å². The van der Waals surface area contributed by atoms with Crippen molar-refractivity contribution >= 4 is 0 Å². The van der Waals surface area contributed by atoms with Crippen LogP contribution in [0.25, 0.3) is 0 Å². The van der Waals surface area contributed by atoms with Gasteiger partial charge in [-0.3, -0.25) is 4.90 Å². The van der Waals surface area contributed by atoms with Gasteiger partial charge in [0.2, 0.25) is 0 Å². The molecule has 0 radical (unpaired) electrons. The maximum absolute atomic E-state index is 9.69. The molecule has 0 aliphatic carbocycles. The smallest absolute Gasteiger partial charge is 0.0969 e. The molecule has 4 nitrogen and oxygen atoms in total. The highest BCUT2D eigenvalue weighted by Crippen LogP contribution is 2.31. The highest BCUT2D eigenvalue weighted by Gasteiger charge is 2.45. The fourth-order valence-electron chi connectivity index (χ4n) is 2.66. The average molecular weight is 187 g/mol. The average Bonchev–Trinajstić information content (AvgIpc) is 2.43. The first-order valence-corrected chi connectivity index (χ1v) is 4.95. The molecule has 2 aliphatic rings. The van der Waals surface area contributed by atoms with Crippen LogP contribution in [0.3, 0.4) is 0 Å². The van der Waals surface area contributed by atoms with E-state index in [-0.39, 0.29) is 18.6 Å². The van der Waals surface area contributed by atoms with Gasteiger partial charge < -0.3 is 15.3 Å². The van der Waals surface area contributed by atoms with Crippen molar-refractivity contribution in [1.82, 2.24) is 4.90 Å². The predicted molar refractivity (Wildman–Crippen MR) is 47.2 cm³/mol. The van der Waals surface area contributed by atoms with Crippen LogP contribution in [0.2, 0.25) is 0 Å². The minimum atomic E-state index is -0.669. The fraction of sp³-hybridized carbons (Fsp3) is 1.00. The van der Waals surface area contributed by atoms with Crippen LogP contribution in [0.4, 0.5) is 0 Å². The largest absolute Gasteiger partial charge is 0.396 e. The number of hydrogen-bond donors (Lipinski definition) is 3. The summed E-state index contributed by atoms with van der Waals surface area (Å²) < 4.78 is 0. The summed E-state index contributed by atoms with van der Waals surface area (Å²) in [4.78, 5) is 2.10. The van der Waals surface area contributed by atoms with E-state index in [2.05, 4.69) is 4.90 Å². The monoisotopic (exact) mass is 187 g/mol. The Morgan fingerprint density at radius 1 is 1.31 bits per heavy atom. The third-order valence-corrected chi connectivity index (χ3v) is 3.33. The second kappa shape index (κ2) is 3.53. The van der Waals surface area contributed by atoms with Crippen molar-refractivity contribution in [1.29, 1.82) is 0 Å². The highest BCUT2D eigenvalue weighted by molar-refractivity contribution is 4.98. The van der Waals surface area contributed by atoms with Gasteiger partial charge in [0, 0.05) is 25.1 Å². The number of fused-ring (bicyclic) bond motifs is 1. The van der Waals surface area contributed by atoms with Crippen molar-refractivity contribution in [3.8, 4) is 0 Å². The Balaban J connectivity index is 2.11. The van der Waals surface area contributed by atoms with Crippen LogP contribution in [0.15, 0.2) is 0 Å². The third-order valence-electron chi connectivity index (χ3n) is 3.33. The third kappa shape index (κ3) is 1.48. The lowest BCUT2D eigenvalue weighted by Gasteiger charge is -2.36. The molecule has 0 unspecified atom stereocenters. The van der Waals surface area contributed by atoms with Crippen molar-refractivity contribution in [2.75, 3.05) is 19.7 Å². The Labute approximate surface area is 77.8 Å². The molecule has 2 saturated heterocycles. The van der Waals surface area contributed by atoms with Gasteiger partial charge in [-0.25, -0.2) is 0 Å². The first-order chi connectivity index (χ1) is 6.24. The standard InChI is InChI=1S/C9H17NO3/c11-5-6-2-1-3-10-4-7(12)9(13)8(6)10/h6-9,11-13H,1-5H2/t6-,7-,8-,9-/m1/s1. The summed E-state index contributed by atoms with van der Waals surface area (Å²) in [6, 6.07) is -0.0197. The number of aliphatic hydroxyl groups is 3. The molecule has 0 amide bonds. The van der Waals surface area contributed by atoms with E-state index in [9.17, 15) is 10.2 Å². The first-order valence-electron chi connectivity index (χ1n) is 4.95. The maximum Gasteiger partial charge on any atom is 0.0969 e. The number of nitrogens with zero attached hydrogens (tertiary/aromatic N) is 1. The lowest BCUT2D eigenvalue weighted by Crippen LogP contribution is -2.47. The molecule has 76 valence electrons. The summed E-state index contributed by atoms with van der Waals surface area (Å²) in [6.45, 7) is 1.61. The van der Waals surface area contributed by atoms with Gasteiger partial charge >= 0.3 is 0 Å². The number of hydrogen-bond acceptors (Lipinski definition) is 4. The van der Waals surface area contributed by atoms with Crippen molar-refractivity contribution in [2.24, 2.45) is 5.92 Å². The van der Waals surface area contributed by atoms with E-state index in [1.807, 2.05) is 0 Å². The molecule has 0 aromatic heterocycles. The van der Waals surface area contributed by atoms with Crippen LogP contribution in [0, 0.1) is 5.92 Å². The van der Waals surface area contributed by atoms with Crippen LogP contribution in [-0.4, -0.2) is 58.2 Å². The summed E-state index contributed by atoms with van der Waals surface area (Å²) >= 11 is 0. The molecule has 0 spiro atoms. The molecule has 3 N–H and O–H groups in total. The van der Waals surface area contributed by atoms with E-state index in [1.165, 1.54) is 0 Å². The fourth-order valence-corrected chi connectivity index (χ4v) is 2.66. The molecular formula is C9H17NO3. The first kappa shape index (κ1) is 9.40. The zero-order valence-electron chi connectivity index (χ0n) is 7.63. The van der Waals surface area contributed by atoms with Crippen LogP contribution in [0.5, 0.6) is 0 Å². The summed E-state index contributed by atoms with van der Waals surface area (Å²) in [7, 11) is 0. The van der Waals surface area contributed by atoms with Gasteiger partial charge in [0.05, 0.1) is 12.2 Å². The lowest BCUT2D eigenvalue weighted by molar-refractivity contribution is -0.00169. The van der Waals surface area contributed by atoms with Crippen molar-refractivity contribution in [3.63, 3.8) is 0 Å². The number of aliphatic hydroxyl groups excluding tert-OH is 3. The minimum Gasteiger partial charge on any atom is -0.396 e. The van der Waals surface area contributed by atoms with Crippen molar-refractivity contribution in [2.45, 2.75) is 31.1 Å². The molecule has 2 rings (SSSR count).